The molecule has 1 saturated heterocycles. The molecule has 1 N–H and O–H groups in total. The number of furan rings is 1. The predicted octanol–water partition coefficient (Wildman–Crippen LogP) is 1.48. The number of nitrogens with zero attached hydrogens (tertiary/aromatic N) is 1. The van der Waals surface area contributed by atoms with Crippen LogP contribution in [-0.2, 0) is 9.84 Å². The van der Waals surface area contributed by atoms with Crippen molar-refractivity contribution in [3.05, 3.63) is 47.7 Å². The number of aliphatic hydroxyl groups excluding tert-OH is 1. The number of carbonyl (C=O) groups is 1. The summed E-state index contributed by atoms with van der Waals surface area (Å²) in [5.41, 5.74) is 1.12. The lowest BCUT2D eigenvalue weighted by atomic mass is 10.1. The van der Waals surface area contributed by atoms with Crippen LogP contribution >= 0.6 is 0 Å². The van der Waals surface area contributed by atoms with Gasteiger partial charge in [0.2, 0.25) is 0 Å². The minimum Gasteiger partial charge on any atom is -0.461 e. The van der Waals surface area contributed by atoms with Gasteiger partial charge < -0.3 is 14.4 Å². The van der Waals surface area contributed by atoms with Crippen LogP contribution < -0.4 is 0 Å². The SMILES string of the molecule is Cc1cc(C(=O)N(C)[C@@H]2CS(=O)(=O)C[C@H]2O)c(-c2ccccc2)o1. The molecule has 7 heteroatoms. The van der Waals surface area contributed by atoms with Gasteiger partial charge in [-0.3, -0.25) is 4.79 Å². The van der Waals surface area contributed by atoms with Gasteiger partial charge in [-0.1, -0.05) is 30.3 Å². The largest absolute Gasteiger partial charge is 0.461 e. The Morgan fingerprint density at radius 1 is 1.25 bits per heavy atom. The van der Waals surface area contributed by atoms with Gasteiger partial charge in [0.05, 0.1) is 29.2 Å². The lowest BCUT2D eigenvalue weighted by Gasteiger charge is -2.25. The van der Waals surface area contributed by atoms with Crippen molar-refractivity contribution in [1.29, 1.82) is 0 Å². The summed E-state index contributed by atoms with van der Waals surface area (Å²) in [6, 6.07) is 10.1. The lowest BCUT2D eigenvalue weighted by molar-refractivity contribution is 0.0581. The van der Waals surface area contributed by atoms with E-state index in [9.17, 15) is 18.3 Å². The molecule has 1 amide bonds. The number of likely N-dealkylation sites (N-methyl/N-ethyl adjacent to an activating group) is 1. The molecule has 0 radical (unpaired) electrons. The van der Waals surface area contributed by atoms with Crippen LogP contribution in [0.15, 0.2) is 40.8 Å². The number of aliphatic hydroxyl groups is 1. The van der Waals surface area contributed by atoms with Crippen LogP contribution in [0.2, 0.25) is 0 Å². The topological polar surface area (TPSA) is 87.8 Å². The number of aryl methyl sites for hydroxylation is 1. The van der Waals surface area contributed by atoms with Crippen molar-refractivity contribution in [2.45, 2.75) is 19.1 Å². The van der Waals surface area contributed by atoms with Gasteiger partial charge in [-0.05, 0) is 13.0 Å². The standard InChI is InChI=1S/C17H19NO5S/c1-11-8-13(16(23-11)12-6-4-3-5-7-12)17(20)18(2)14-9-24(21,22)10-15(14)19/h3-8,14-15,19H,9-10H2,1-2H3/t14-,15-/m1/s1. The lowest BCUT2D eigenvalue weighted by Crippen LogP contribution is -2.44. The Bertz CT molecular complexity index is 856. The molecule has 1 fully saturated rings. The Hall–Kier alpha value is -2.12. The average Bonchev–Trinajstić information content (AvgIpc) is 3.05. The zero-order valence-corrected chi connectivity index (χ0v) is 14.3. The van der Waals surface area contributed by atoms with E-state index in [2.05, 4.69) is 0 Å². The first-order valence-corrected chi connectivity index (χ1v) is 9.42. The van der Waals surface area contributed by atoms with Gasteiger partial charge in [-0.15, -0.1) is 0 Å². The van der Waals surface area contributed by atoms with Crippen molar-refractivity contribution in [2.24, 2.45) is 0 Å². The number of rotatable bonds is 3. The highest BCUT2D eigenvalue weighted by Crippen LogP contribution is 2.29. The fourth-order valence-electron chi connectivity index (χ4n) is 3.00. The highest BCUT2D eigenvalue weighted by molar-refractivity contribution is 7.91. The minimum atomic E-state index is -3.33. The van der Waals surface area contributed by atoms with Crippen molar-refractivity contribution >= 4 is 15.7 Å². The van der Waals surface area contributed by atoms with Crippen molar-refractivity contribution in [2.75, 3.05) is 18.6 Å². The normalized spacial score (nSPS) is 22.5. The van der Waals surface area contributed by atoms with Gasteiger partial charge in [0.1, 0.15) is 11.5 Å². The average molecular weight is 349 g/mol. The quantitative estimate of drug-likeness (QED) is 0.907. The maximum absolute atomic E-state index is 12.9. The van der Waals surface area contributed by atoms with E-state index in [0.29, 0.717) is 17.1 Å². The molecule has 2 atom stereocenters. The number of amides is 1. The molecule has 0 aliphatic carbocycles. The van der Waals surface area contributed by atoms with Gasteiger partial charge in [0.15, 0.2) is 9.84 Å². The first kappa shape index (κ1) is 16.7. The highest BCUT2D eigenvalue weighted by atomic mass is 32.2. The monoisotopic (exact) mass is 349 g/mol. The molecule has 0 bridgehead atoms. The molecule has 0 saturated carbocycles. The van der Waals surface area contributed by atoms with Crippen molar-refractivity contribution in [3.8, 4) is 11.3 Å². The first-order chi connectivity index (χ1) is 11.3. The van der Waals surface area contributed by atoms with Gasteiger partial charge in [0, 0.05) is 12.6 Å². The molecule has 0 unspecified atom stereocenters. The van der Waals surface area contributed by atoms with Crippen LogP contribution in [0.3, 0.4) is 0 Å². The summed E-state index contributed by atoms with van der Waals surface area (Å²) < 4.78 is 29.1. The zero-order valence-electron chi connectivity index (χ0n) is 13.5. The van der Waals surface area contributed by atoms with Crippen LogP contribution in [-0.4, -0.2) is 55.0 Å². The van der Waals surface area contributed by atoms with E-state index in [0.717, 1.165) is 5.56 Å². The number of sulfone groups is 1. The Morgan fingerprint density at radius 3 is 2.50 bits per heavy atom. The van der Waals surface area contributed by atoms with Crippen molar-refractivity contribution in [1.82, 2.24) is 4.90 Å². The molecule has 128 valence electrons. The van der Waals surface area contributed by atoms with Crippen molar-refractivity contribution < 1.29 is 22.7 Å². The van der Waals surface area contributed by atoms with E-state index in [1.165, 1.54) is 11.9 Å². The van der Waals surface area contributed by atoms with E-state index in [1.54, 1.807) is 13.0 Å². The van der Waals surface area contributed by atoms with E-state index < -0.39 is 22.0 Å². The van der Waals surface area contributed by atoms with Gasteiger partial charge >= 0.3 is 0 Å². The zero-order chi connectivity index (χ0) is 17.5. The second kappa shape index (κ2) is 6.07. The Labute approximate surface area is 140 Å². The molecular weight excluding hydrogens is 330 g/mol. The maximum atomic E-state index is 12.9. The van der Waals surface area contributed by atoms with Crippen LogP contribution in [0.25, 0.3) is 11.3 Å². The van der Waals surface area contributed by atoms with E-state index >= 15 is 0 Å². The third kappa shape index (κ3) is 3.09. The molecule has 1 aliphatic rings. The summed E-state index contributed by atoms with van der Waals surface area (Å²) in [7, 11) is -1.82. The van der Waals surface area contributed by atoms with E-state index in [-0.39, 0.29) is 17.4 Å². The van der Waals surface area contributed by atoms with Crippen molar-refractivity contribution in [3.63, 3.8) is 0 Å². The summed E-state index contributed by atoms with van der Waals surface area (Å²) in [5, 5.41) is 9.99. The minimum absolute atomic E-state index is 0.228. The molecule has 2 aromatic rings. The molecular formula is C17H19NO5S. The molecule has 1 aliphatic heterocycles. The first-order valence-electron chi connectivity index (χ1n) is 7.60. The molecule has 0 spiro atoms. The predicted molar refractivity (Wildman–Crippen MR) is 89.4 cm³/mol. The van der Waals surface area contributed by atoms with Crippen LogP contribution in [0.1, 0.15) is 16.1 Å². The number of hydrogen-bond acceptors (Lipinski definition) is 5. The molecule has 24 heavy (non-hydrogen) atoms. The molecule has 3 rings (SSSR count). The third-order valence-corrected chi connectivity index (χ3v) is 5.93. The number of hydrogen-bond donors (Lipinski definition) is 1. The summed E-state index contributed by atoms with van der Waals surface area (Å²) >= 11 is 0. The number of carbonyl (C=O) groups excluding carboxylic acids is 1. The molecule has 1 aromatic heterocycles. The van der Waals surface area contributed by atoms with E-state index in [4.69, 9.17) is 4.42 Å². The second-order valence-electron chi connectivity index (χ2n) is 6.09. The molecule has 2 heterocycles. The summed E-state index contributed by atoms with van der Waals surface area (Å²) in [6.45, 7) is 1.75. The summed E-state index contributed by atoms with van der Waals surface area (Å²) in [5.74, 6) is 0.122. The Kier molecular flexibility index (Phi) is 4.23. The van der Waals surface area contributed by atoms with Crippen LogP contribution in [0.4, 0.5) is 0 Å². The summed E-state index contributed by atoms with van der Waals surface area (Å²) in [6.07, 6.45) is -1.07. The van der Waals surface area contributed by atoms with Crippen LogP contribution in [0.5, 0.6) is 0 Å². The molecule has 1 aromatic carbocycles. The molecule has 6 nitrogen and oxygen atoms in total. The fraction of sp³-hybridized carbons (Fsp3) is 0.353. The number of benzene rings is 1. The Balaban J connectivity index is 1.94. The summed E-state index contributed by atoms with van der Waals surface area (Å²) in [4.78, 5) is 14.2. The second-order valence-corrected chi connectivity index (χ2v) is 8.25. The maximum Gasteiger partial charge on any atom is 0.257 e. The fourth-order valence-corrected chi connectivity index (χ4v) is 4.84. The third-order valence-electron chi connectivity index (χ3n) is 4.23. The van der Waals surface area contributed by atoms with Gasteiger partial charge in [-0.2, -0.15) is 0 Å². The highest BCUT2D eigenvalue weighted by Gasteiger charge is 2.41. The van der Waals surface area contributed by atoms with Gasteiger partial charge in [0.25, 0.3) is 5.91 Å². The van der Waals surface area contributed by atoms with Crippen LogP contribution in [0, 0.1) is 6.92 Å². The Morgan fingerprint density at radius 2 is 1.92 bits per heavy atom. The van der Waals surface area contributed by atoms with Gasteiger partial charge in [-0.25, -0.2) is 8.42 Å². The smallest absolute Gasteiger partial charge is 0.257 e. The van der Waals surface area contributed by atoms with E-state index in [1.807, 2.05) is 30.3 Å².